The number of amides is 1. The van der Waals surface area contributed by atoms with Crippen LogP contribution >= 0.6 is 0 Å². The number of pyridine rings is 1. The van der Waals surface area contributed by atoms with Gasteiger partial charge in [0, 0.05) is 24.3 Å². The van der Waals surface area contributed by atoms with Crippen molar-refractivity contribution in [2.75, 3.05) is 31.0 Å². The van der Waals surface area contributed by atoms with E-state index in [1.165, 1.54) is 17.7 Å². The molecule has 0 saturated carbocycles. The number of sulfonamides is 1. The molecule has 1 fully saturated rings. The predicted molar refractivity (Wildman–Crippen MR) is 100 cm³/mol. The molecule has 1 aliphatic heterocycles. The van der Waals surface area contributed by atoms with Crippen molar-refractivity contribution in [3.63, 3.8) is 0 Å². The topological polar surface area (TPSA) is 88.6 Å². The maximum atomic E-state index is 12.6. The second-order valence-corrected chi connectivity index (χ2v) is 8.37. The molecule has 0 bridgehead atoms. The molecule has 2 heterocycles. The van der Waals surface area contributed by atoms with Gasteiger partial charge in [0.05, 0.1) is 18.1 Å². The van der Waals surface area contributed by atoms with Gasteiger partial charge in [-0.15, -0.1) is 0 Å². The number of nitrogens with zero attached hydrogens (tertiary/aromatic N) is 2. The normalized spacial score (nSPS) is 16.8. The van der Waals surface area contributed by atoms with Crippen molar-refractivity contribution in [2.45, 2.75) is 24.2 Å². The van der Waals surface area contributed by atoms with E-state index in [1.807, 2.05) is 6.07 Å². The molecule has 8 heteroatoms. The molecule has 0 atom stereocenters. The van der Waals surface area contributed by atoms with E-state index < -0.39 is 10.0 Å². The Balaban J connectivity index is 1.49. The van der Waals surface area contributed by atoms with Crippen LogP contribution in [0.5, 0.6) is 0 Å². The van der Waals surface area contributed by atoms with Crippen LogP contribution in [0.4, 0.5) is 5.82 Å². The van der Waals surface area contributed by atoms with Crippen molar-refractivity contribution in [3.8, 4) is 0 Å². The van der Waals surface area contributed by atoms with Crippen LogP contribution in [0.25, 0.3) is 0 Å². The first kappa shape index (κ1) is 17.9. The van der Waals surface area contributed by atoms with Crippen LogP contribution in [0, 0.1) is 0 Å². The Morgan fingerprint density at radius 1 is 1.04 bits per heavy atom. The maximum absolute atomic E-state index is 12.6. The summed E-state index contributed by atoms with van der Waals surface area (Å²) in [5, 5.41) is 0. The van der Waals surface area contributed by atoms with E-state index in [4.69, 9.17) is 4.74 Å². The molecule has 1 amide bonds. The fourth-order valence-electron chi connectivity index (χ4n) is 3.40. The number of nitrogens with one attached hydrogen (secondary N) is 1. The van der Waals surface area contributed by atoms with Gasteiger partial charge < -0.3 is 9.64 Å². The lowest BCUT2D eigenvalue weighted by molar-refractivity contribution is 0.0303. The largest absolute Gasteiger partial charge is 0.378 e. The molecule has 7 nitrogen and oxygen atoms in total. The zero-order chi connectivity index (χ0) is 18.9. The van der Waals surface area contributed by atoms with Crippen molar-refractivity contribution < 1.29 is 17.9 Å². The second-order valence-electron chi connectivity index (χ2n) is 6.69. The van der Waals surface area contributed by atoms with Crippen molar-refractivity contribution in [1.82, 2.24) is 9.88 Å². The van der Waals surface area contributed by atoms with Gasteiger partial charge in [0.25, 0.3) is 15.9 Å². The van der Waals surface area contributed by atoms with Crippen molar-refractivity contribution in [2.24, 2.45) is 0 Å². The number of rotatable bonds is 4. The molecule has 1 aromatic carbocycles. The summed E-state index contributed by atoms with van der Waals surface area (Å²) in [6.07, 6.45) is 2.93. The molecule has 0 radical (unpaired) electrons. The van der Waals surface area contributed by atoms with Gasteiger partial charge in [0.15, 0.2) is 0 Å². The quantitative estimate of drug-likeness (QED) is 0.865. The highest BCUT2D eigenvalue weighted by Crippen LogP contribution is 2.23. The van der Waals surface area contributed by atoms with E-state index in [1.54, 1.807) is 23.1 Å². The van der Waals surface area contributed by atoms with Crippen LogP contribution in [-0.2, 0) is 27.6 Å². The van der Waals surface area contributed by atoms with Crippen LogP contribution in [-0.4, -0.2) is 50.5 Å². The van der Waals surface area contributed by atoms with Gasteiger partial charge in [-0.1, -0.05) is 6.07 Å². The van der Waals surface area contributed by atoms with Gasteiger partial charge in [-0.3, -0.25) is 9.52 Å². The Morgan fingerprint density at radius 3 is 2.52 bits per heavy atom. The fourth-order valence-corrected chi connectivity index (χ4v) is 4.40. The Hall–Kier alpha value is -2.45. The Labute approximate surface area is 158 Å². The molecule has 0 unspecified atom stereocenters. The first-order chi connectivity index (χ1) is 13.0. The molecule has 1 aromatic heterocycles. The molecule has 0 spiro atoms. The van der Waals surface area contributed by atoms with Gasteiger partial charge in [-0.05, 0) is 55.2 Å². The lowest BCUT2D eigenvalue weighted by atomic mass is 10.2. The third-order valence-electron chi connectivity index (χ3n) is 4.88. The Morgan fingerprint density at radius 2 is 1.78 bits per heavy atom. The summed E-state index contributed by atoms with van der Waals surface area (Å²) in [6, 6.07) is 9.60. The first-order valence-corrected chi connectivity index (χ1v) is 10.5. The molecular formula is C19H21N3O4S. The van der Waals surface area contributed by atoms with Gasteiger partial charge in [0.2, 0.25) is 0 Å². The third-order valence-corrected chi connectivity index (χ3v) is 6.25. The van der Waals surface area contributed by atoms with Crippen LogP contribution < -0.4 is 4.72 Å². The summed E-state index contributed by atoms with van der Waals surface area (Å²) in [5.41, 5.74) is 2.61. The molecule has 27 heavy (non-hydrogen) atoms. The summed E-state index contributed by atoms with van der Waals surface area (Å²) in [4.78, 5) is 18.7. The fraction of sp³-hybridized carbons (Fsp3) is 0.368. The Kier molecular flexibility index (Phi) is 4.84. The number of anilines is 1. The highest BCUT2D eigenvalue weighted by Gasteiger charge is 2.21. The highest BCUT2D eigenvalue weighted by atomic mass is 32.2. The number of fused-ring (bicyclic) bond motifs is 1. The second kappa shape index (κ2) is 7.28. The number of aromatic nitrogens is 1. The lowest BCUT2D eigenvalue weighted by Crippen LogP contribution is -2.40. The van der Waals surface area contributed by atoms with E-state index in [0.29, 0.717) is 37.7 Å². The van der Waals surface area contributed by atoms with E-state index in [9.17, 15) is 13.2 Å². The minimum absolute atomic E-state index is 0.100. The molecular weight excluding hydrogens is 366 g/mol. The predicted octanol–water partition coefficient (Wildman–Crippen LogP) is 1.84. The first-order valence-electron chi connectivity index (χ1n) is 9.02. The third kappa shape index (κ3) is 3.81. The number of aryl methyl sites for hydroxylation is 2. The van der Waals surface area contributed by atoms with E-state index in [0.717, 1.165) is 25.0 Å². The van der Waals surface area contributed by atoms with Gasteiger partial charge in [-0.2, -0.15) is 0 Å². The maximum Gasteiger partial charge on any atom is 0.263 e. The van der Waals surface area contributed by atoms with Crippen LogP contribution in [0.1, 0.15) is 28.0 Å². The number of carbonyl (C=O) groups excluding carboxylic acids is 1. The number of morpholine rings is 1. The van der Waals surface area contributed by atoms with Crippen LogP contribution in [0.2, 0.25) is 0 Å². The highest BCUT2D eigenvalue weighted by molar-refractivity contribution is 7.92. The number of hydrogen-bond donors (Lipinski definition) is 1. The zero-order valence-electron chi connectivity index (χ0n) is 14.8. The van der Waals surface area contributed by atoms with E-state index in [-0.39, 0.29) is 10.8 Å². The average Bonchev–Trinajstić information content (AvgIpc) is 3.16. The molecule has 2 aromatic rings. The average molecular weight is 387 g/mol. The van der Waals surface area contributed by atoms with Crippen molar-refractivity contribution >= 4 is 21.7 Å². The van der Waals surface area contributed by atoms with Gasteiger partial charge in [-0.25, -0.2) is 13.4 Å². The van der Waals surface area contributed by atoms with Crippen molar-refractivity contribution in [1.29, 1.82) is 0 Å². The molecule has 142 valence electrons. The van der Waals surface area contributed by atoms with Gasteiger partial charge >= 0.3 is 0 Å². The minimum atomic E-state index is -3.76. The number of ether oxygens (including phenoxy) is 1. The number of benzene rings is 1. The van der Waals surface area contributed by atoms with Crippen LogP contribution in [0.3, 0.4) is 0 Å². The molecule has 2 aliphatic rings. The lowest BCUT2D eigenvalue weighted by Gasteiger charge is -2.26. The summed E-state index contributed by atoms with van der Waals surface area (Å²) in [6.45, 7) is 2.14. The van der Waals surface area contributed by atoms with Crippen LogP contribution in [0.15, 0.2) is 41.3 Å². The summed E-state index contributed by atoms with van der Waals surface area (Å²) < 4.78 is 33.0. The molecule has 1 saturated heterocycles. The minimum Gasteiger partial charge on any atom is -0.378 e. The van der Waals surface area contributed by atoms with E-state index >= 15 is 0 Å². The SMILES string of the molecule is O=C(c1ccc(S(=O)(=O)Nc2ccc3c(n2)CCC3)cc1)N1CCOCC1. The van der Waals surface area contributed by atoms with Gasteiger partial charge in [0.1, 0.15) is 5.82 Å². The molecule has 1 aliphatic carbocycles. The number of carbonyl (C=O) groups is 1. The smallest absolute Gasteiger partial charge is 0.263 e. The summed E-state index contributed by atoms with van der Waals surface area (Å²) >= 11 is 0. The number of hydrogen-bond acceptors (Lipinski definition) is 5. The summed E-state index contributed by atoms with van der Waals surface area (Å²) in [7, 11) is -3.76. The van der Waals surface area contributed by atoms with E-state index in [2.05, 4.69) is 9.71 Å². The van der Waals surface area contributed by atoms with Crippen molar-refractivity contribution in [3.05, 3.63) is 53.2 Å². The molecule has 1 N–H and O–H groups in total. The Bertz CT molecular complexity index is 951. The zero-order valence-corrected chi connectivity index (χ0v) is 15.7. The monoisotopic (exact) mass is 387 g/mol. The molecule has 4 rings (SSSR count). The summed E-state index contributed by atoms with van der Waals surface area (Å²) in [5.74, 6) is 0.208. The standard InChI is InChI=1S/C19H21N3O4S/c23-19(22-10-12-26-13-11-22)15-4-7-16(8-5-15)27(24,25)21-18-9-6-14-2-1-3-17(14)20-18/h4-9H,1-3,10-13H2,(H,20,21).